The molecule has 0 aliphatic rings. The van der Waals surface area contributed by atoms with Crippen molar-refractivity contribution in [2.75, 3.05) is 11.9 Å². The number of rotatable bonds is 2. The predicted octanol–water partition coefficient (Wildman–Crippen LogP) is 2.55. The lowest BCUT2D eigenvalue weighted by molar-refractivity contribution is 1.13. The molecule has 0 atom stereocenters. The minimum absolute atomic E-state index is 0.659. The molecule has 2 heteroatoms. The highest BCUT2D eigenvalue weighted by Gasteiger charge is 2.03. The Balaban J connectivity index is 2.93. The monoisotopic (exact) mass is 172 g/mol. The Morgan fingerprint density at radius 3 is 2.46 bits per heavy atom. The smallest absolute Gasteiger partial charge is 0.117 e. The van der Waals surface area contributed by atoms with Gasteiger partial charge in [0.25, 0.3) is 0 Å². The van der Waals surface area contributed by atoms with Crippen molar-refractivity contribution in [2.45, 2.75) is 6.92 Å². The Bertz CT molecular complexity index is 333. The van der Waals surface area contributed by atoms with Crippen LogP contribution in [0.5, 0.6) is 0 Å². The lowest BCUT2D eigenvalue weighted by atomic mass is 10.3. The second-order valence-corrected chi connectivity index (χ2v) is 2.68. The SMILES string of the molecule is C/C=C(\C#N)N(C)c1ccccc1. The van der Waals surface area contributed by atoms with Crippen LogP contribution in [0.15, 0.2) is 42.1 Å². The number of nitrogens with zero attached hydrogens (tertiary/aromatic N) is 2. The van der Waals surface area contributed by atoms with Gasteiger partial charge >= 0.3 is 0 Å². The average Bonchev–Trinajstić information content (AvgIpc) is 2.21. The van der Waals surface area contributed by atoms with Gasteiger partial charge in [0.15, 0.2) is 0 Å². The second kappa shape index (κ2) is 4.32. The van der Waals surface area contributed by atoms with E-state index in [1.54, 1.807) is 6.08 Å². The molecule has 0 aliphatic carbocycles. The highest BCUT2D eigenvalue weighted by molar-refractivity contribution is 5.54. The van der Waals surface area contributed by atoms with E-state index < -0.39 is 0 Å². The van der Waals surface area contributed by atoms with Crippen LogP contribution in [0.3, 0.4) is 0 Å². The Morgan fingerprint density at radius 1 is 1.38 bits per heavy atom. The van der Waals surface area contributed by atoms with Crippen LogP contribution in [0.1, 0.15) is 6.92 Å². The Kier molecular flexibility index (Phi) is 3.10. The van der Waals surface area contributed by atoms with Crippen molar-refractivity contribution in [3.05, 3.63) is 42.1 Å². The lowest BCUT2D eigenvalue weighted by Gasteiger charge is -2.17. The Hall–Kier alpha value is -1.75. The normalized spacial score (nSPS) is 10.7. The molecule has 0 unspecified atom stereocenters. The van der Waals surface area contributed by atoms with E-state index in [4.69, 9.17) is 5.26 Å². The first-order chi connectivity index (χ1) is 6.29. The molecule has 0 fully saturated rings. The molecule has 0 spiro atoms. The zero-order valence-electron chi connectivity index (χ0n) is 7.86. The summed E-state index contributed by atoms with van der Waals surface area (Å²) in [6, 6.07) is 12.0. The van der Waals surface area contributed by atoms with E-state index in [2.05, 4.69) is 6.07 Å². The van der Waals surface area contributed by atoms with Crippen LogP contribution >= 0.6 is 0 Å². The molecule has 1 aromatic carbocycles. The fourth-order valence-corrected chi connectivity index (χ4v) is 1.12. The van der Waals surface area contributed by atoms with Crippen LogP contribution in [0, 0.1) is 11.3 Å². The van der Waals surface area contributed by atoms with Gasteiger partial charge in [-0.1, -0.05) is 24.3 Å². The maximum atomic E-state index is 8.80. The molecule has 0 N–H and O–H groups in total. The van der Waals surface area contributed by atoms with E-state index in [0.29, 0.717) is 5.70 Å². The van der Waals surface area contributed by atoms with Gasteiger partial charge in [-0.15, -0.1) is 0 Å². The van der Waals surface area contributed by atoms with Crippen LogP contribution in [-0.2, 0) is 0 Å². The third-order valence-electron chi connectivity index (χ3n) is 1.89. The quantitative estimate of drug-likeness (QED) is 0.641. The standard InChI is InChI=1S/C11H12N2/c1-3-10(9-12)13(2)11-7-5-4-6-8-11/h3-8H,1-2H3/b10-3+. The summed E-state index contributed by atoms with van der Waals surface area (Å²) in [5, 5.41) is 8.80. The summed E-state index contributed by atoms with van der Waals surface area (Å²) in [6.45, 7) is 1.86. The van der Waals surface area contributed by atoms with E-state index >= 15 is 0 Å². The molecule has 0 heterocycles. The van der Waals surface area contributed by atoms with Crippen molar-refractivity contribution in [1.82, 2.24) is 0 Å². The first-order valence-corrected chi connectivity index (χ1v) is 4.14. The number of nitriles is 1. The summed E-state index contributed by atoms with van der Waals surface area (Å²) in [6.07, 6.45) is 1.80. The zero-order chi connectivity index (χ0) is 9.68. The summed E-state index contributed by atoms with van der Waals surface area (Å²) < 4.78 is 0. The van der Waals surface area contributed by atoms with Gasteiger partial charge in [-0.2, -0.15) is 5.26 Å². The summed E-state index contributed by atoms with van der Waals surface area (Å²) in [5.74, 6) is 0. The van der Waals surface area contributed by atoms with Crippen LogP contribution < -0.4 is 4.90 Å². The zero-order valence-corrected chi connectivity index (χ0v) is 7.86. The topological polar surface area (TPSA) is 27.0 Å². The van der Waals surface area contributed by atoms with Crippen molar-refractivity contribution in [3.8, 4) is 6.07 Å². The maximum absolute atomic E-state index is 8.80. The first-order valence-electron chi connectivity index (χ1n) is 4.14. The van der Waals surface area contributed by atoms with Crippen molar-refractivity contribution in [3.63, 3.8) is 0 Å². The third kappa shape index (κ3) is 2.09. The Morgan fingerprint density at radius 2 is 2.00 bits per heavy atom. The molecule has 1 aromatic rings. The molecule has 66 valence electrons. The van der Waals surface area contributed by atoms with Gasteiger partial charge in [0.1, 0.15) is 11.8 Å². The van der Waals surface area contributed by atoms with Gasteiger partial charge in [-0.05, 0) is 19.1 Å². The highest BCUT2D eigenvalue weighted by Crippen LogP contribution is 2.15. The van der Waals surface area contributed by atoms with Crippen LogP contribution in [0.2, 0.25) is 0 Å². The summed E-state index contributed by atoms with van der Waals surface area (Å²) in [5.41, 5.74) is 1.68. The molecule has 0 aromatic heterocycles. The van der Waals surface area contributed by atoms with Crippen LogP contribution in [-0.4, -0.2) is 7.05 Å². The molecule has 0 radical (unpaired) electrons. The molecule has 0 amide bonds. The number of benzene rings is 1. The molecule has 0 bridgehead atoms. The minimum atomic E-state index is 0.659. The van der Waals surface area contributed by atoms with Crippen LogP contribution in [0.4, 0.5) is 5.69 Å². The molecule has 13 heavy (non-hydrogen) atoms. The van der Waals surface area contributed by atoms with Crippen LogP contribution in [0.25, 0.3) is 0 Å². The molecule has 2 nitrogen and oxygen atoms in total. The number of para-hydroxylation sites is 1. The van der Waals surface area contributed by atoms with Gasteiger partial charge in [0.2, 0.25) is 0 Å². The van der Waals surface area contributed by atoms with Gasteiger partial charge in [-0.3, -0.25) is 0 Å². The minimum Gasteiger partial charge on any atom is -0.336 e. The lowest BCUT2D eigenvalue weighted by Crippen LogP contribution is -2.14. The molecule has 1 rings (SSSR count). The largest absolute Gasteiger partial charge is 0.336 e. The third-order valence-corrected chi connectivity index (χ3v) is 1.89. The van der Waals surface area contributed by atoms with E-state index in [1.807, 2.05) is 49.2 Å². The van der Waals surface area contributed by atoms with Crippen molar-refractivity contribution < 1.29 is 0 Å². The predicted molar refractivity (Wildman–Crippen MR) is 54.2 cm³/mol. The summed E-state index contributed by atoms with van der Waals surface area (Å²) >= 11 is 0. The number of allylic oxidation sites excluding steroid dienone is 2. The van der Waals surface area contributed by atoms with E-state index in [9.17, 15) is 0 Å². The van der Waals surface area contributed by atoms with Gasteiger partial charge < -0.3 is 4.90 Å². The van der Waals surface area contributed by atoms with E-state index in [0.717, 1.165) is 5.69 Å². The molecule has 0 aliphatic heterocycles. The van der Waals surface area contributed by atoms with Gasteiger partial charge in [-0.25, -0.2) is 0 Å². The average molecular weight is 172 g/mol. The van der Waals surface area contributed by atoms with Gasteiger partial charge in [0, 0.05) is 12.7 Å². The molecular formula is C11H12N2. The number of hydrogen-bond acceptors (Lipinski definition) is 2. The highest BCUT2D eigenvalue weighted by atomic mass is 15.1. The summed E-state index contributed by atoms with van der Waals surface area (Å²) in [4.78, 5) is 1.86. The van der Waals surface area contributed by atoms with E-state index in [-0.39, 0.29) is 0 Å². The van der Waals surface area contributed by atoms with Crippen molar-refractivity contribution in [2.24, 2.45) is 0 Å². The first kappa shape index (κ1) is 9.34. The second-order valence-electron chi connectivity index (χ2n) is 2.68. The Labute approximate surface area is 78.7 Å². The van der Waals surface area contributed by atoms with Crippen molar-refractivity contribution >= 4 is 5.69 Å². The van der Waals surface area contributed by atoms with Gasteiger partial charge in [0.05, 0.1) is 0 Å². The number of hydrogen-bond donors (Lipinski definition) is 0. The van der Waals surface area contributed by atoms with E-state index in [1.165, 1.54) is 0 Å². The molecule has 0 saturated carbocycles. The van der Waals surface area contributed by atoms with Crippen molar-refractivity contribution in [1.29, 1.82) is 5.26 Å². The number of anilines is 1. The molecular weight excluding hydrogens is 160 g/mol. The fourth-order valence-electron chi connectivity index (χ4n) is 1.12. The maximum Gasteiger partial charge on any atom is 0.117 e. The fraction of sp³-hybridized carbons (Fsp3) is 0.182. The summed E-state index contributed by atoms with van der Waals surface area (Å²) in [7, 11) is 1.88. The molecule has 0 saturated heterocycles.